The van der Waals surface area contributed by atoms with Crippen LogP contribution < -0.4 is 4.74 Å². The van der Waals surface area contributed by atoms with Gasteiger partial charge in [-0.3, -0.25) is 0 Å². The molecule has 1 heterocycles. The number of fused-ring (bicyclic) bond motifs is 1. The highest BCUT2D eigenvalue weighted by molar-refractivity contribution is 6.36. The van der Waals surface area contributed by atoms with E-state index < -0.39 is 47.5 Å². The van der Waals surface area contributed by atoms with Gasteiger partial charge in [0.15, 0.2) is 0 Å². The Kier molecular flexibility index (Phi) is 8.61. The molecule has 0 saturated heterocycles. The lowest BCUT2D eigenvalue weighted by atomic mass is 10.0. The summed E-state index contributed by atoms with van der Waals surface area (Å²) in [4.78, 5) is 38.3. The highest BCUT2D eigenvalue weighted by Crippen LogP contribution is 2.42. The number of alkyl halides is 3. The van der Waals surface area contributed by atoms with Gasteiger partial charge in [0, 0.05) is 23.9 Å². The summed E-state index contributed by atoms with van der Waals surface area (Å²) in [5.41, 5.74) is -0.916. The van der Waals surface area contributed by atoms with Crippen LogP contribution in [0.1, 0.15) is 25.8 Å². The third-order valence-corrected chi connectivity index (χ3v) is 4.45. The third kappa shape index (κ3) is 7.56. The van der Waals surface area contributed by atoms with Crippen LogP contribution in [0.4, 0.5) is 18.0 Å². The Morgan fingerprint density at radius 2 is 1.88 bits per heavy atom. The first kappa shape index (κ1) is 26.3. The van der Waals surface area contributed by atoms with Crippen LogP contribution in [0.2, 0.25) is 10.0 Å². The molecule has 0 N–H and O–H groups in total. The molecule has 0 bridgehead atoms. The number of halogens is 5. The van der Waals surface area contributed by atoms with Crippen molar-refractivity contribution in [2.24, 2.45) is 0 Å². The fourth-order valence-corrected chi connectivity index (χ4v) is 3.12. The lowest BCUT2D eigenvalue weighted by molar-refractivity contribution is -0.758. The maximum absolute atomic E-state index is 13.5. The van der Waals surface area contributed by atoms with Gasteiger partial charge in [0.2, 0.25) is 12.4 Å². The van der Waals surface area contributed by atoms with Crippen LogP contribution in [0.3, 0.4) is 0 Å². The number of carbonyl (C=O) groups excluding carboxylic acids is 2. The molecule has 0 saturated carbocycles. The number of nitrogens with zero attached hydrogens (tertiary/aromatic N) is 1. The topological polar surface area (TPSA) is 123 Å². The van der Waals surface area contributed by atoms with Gasteiger partial charge < -0.3 is 23.8 Å². The molecular formula is C18H16Cl2F3NO9. The Bertz CT molecular complexity index is 955. The van der Waals surface area contributed by atoms with Crippen molar-refractivity contribution in [3.8, 4) is 5.75 Å². The zero-order valence-corrected chi connectivity index (χ0v) is 18.4. The molecule has 1 aromatic rings. The van der Waals surface area contributed by atoms with Gasteiger partial charge in [-0.05, 0) is 25.1 Å². The molecule has 3 atom stereocenters. The quantitative estimate of drug-likeness (QED) is 0.208. The second-order valence-corrected chi connectivity index (χ2v) is 7.40. The fraction of sp³-hybridized carbons (Fsp3) is 0.444. The van der Waals surface area contributed by atoms with Gasteiger partial charge in [-0.25, -0.2) is 9.59 Å². The predicted molar refractivity (Wildman–Crippen MR) is 105 cm³/mol. The summed E-state index contributed by atoms with van der Waals surface area (Å²) in [5, 5.41) is 8.95. The second-order valence-electron chi connectivity index (χ2n) is 6.56. The Morgan fingerprint density at radius 3 is 2.48 bits per heavy atom. The van der Waals surface area contributed by atoms with Crippen molar-refractivity contribution in [1.29, 1.82) is 0 Å². The monoisotopic (exact) mass is 517 g/mol. The molecule has 0 radical (unpaired) electrons. The standard InChI is InChI=1S/C18H16Cl2F3NO9/c1-8(3-4-29-24(27)28)30-17(26)32-9(2)31-16(25)12-6-10-5-11(19)7-13(20)14(10)33-15(12)18(21,22)23/h5-9,15H,3-4H2,1-2H3. The van der Waals surface area contributed by atoms with Crippen LogP contribution in [0.25, 0.3) is 6.08 Å². The van der Waals surface area contributed by atoms with Crippen LogP contribution in [-0.4, -0.2) is 48.5 Å². The summed E-state index contributed by atoms with van der Waals surface area (Å²) in [6, 6.07) is 2.42. The Labute approximate surface area is 194 Å². The zero-order valence-electron chi connectivity index (χ0n) is 16.9. The van der Waals surface area contributed by atoms with Crippen molar-refractivity contribution >= 4 is 41.4 Å². The maximum atomic E-state index is 13.5. The second kappa shape index (κ2) is 10.8. The lowest BCUT2D eigenvalue weighted by Gasteiger charge is -2.29. The van der Waals surface area contributed by atoms with Crippen LogP contribution >= 0.6 is 23.2 Å². The molecule has 2 rings (SSSR count). The van der Waals surface area contributed by atoms with E-state index >= 15 is 0 Å². The Hall–Kier alpha value is -2.93. The van der Waals surface area contributed by atoms with Crippen molar-refractivity contribution in [2.75, 3.05) is 6.61 Å². The highest BCUT2D eigenvalue weighted by Gasteiger charge is 2.49. The first-order chi connectivity index (χ1) is 15.3. The first-order valence-corrected chi connectivity index (χ1v) is 9.83. The van der Waals surface area contributed by atoms with Crippen LogP contribution in [0, 0.1) is 10.1 Å². The molecule has 3 unspecified atom stereocenters. The van der Waals surface area contributed by atoms with Gasteiger partial charge in [0.1, 0.15) is 11.9 Å². The normalized spacial score (nSPS) is 16.9. The van der Waals surface area contributed by atoms with Gasteiger partial charge >= 0.3 is 18.3 Å². The van der Waals surface area contributed by atoms with E-state index in [0.29, 0.717) is 0 Å². The van der Waals surface area contributed by atoms with E-state index in [-0.39, 0.29) is 34.4 Å². The molecule has 0 aliphatic carbocycles. The molecule has 1 aliphatic rings. The third-order valence-electron chi connectivity index (χ3n) is 3.95. The number of esters is 1. The van der Waals surface area contributed by atoms with Crippen LogP contribution in [0.5, 0.6) is 5.75 Å². The summed E-state index contributed by atoms with van der Waals surface area (Å²) < 4.78 is 59.6. The minimum atomic E-state index is -5.00. The fourth-order valence-electron chi connectivity index (χ4n) is 2.57. The Balaban J connectivity index is 2.06. The van der Waals surface area contributed by atoms with Crippen molar-refractivity contribution in [1.82, 2.24) is 0 Å². The van der Waals surface area contributed by atoms with Crippen molar-refractivity contribution in [3.05, 3.63) is 43.4 Å². The van der Waals surface area contributed by atoms with Crippen LogP contribution in [-0.2, 0) is 23.8 Å². The van der Waals surface area contributed by atoms with E-state index in [0.717, 1.165) is 13.0 Å². The SMILES string of the molecule is CC(CCO[N+](=O)[O-])OC(=O)OC(C)OC(=O)C1=Cc2cc(Cl)cc(Cl)c2OC1C(F)(F)F. The number of hydrogen-bond acceptors (Lipinski definition) is 9. The summed E-state index contributed by atoms with van der Waals surface area (Å²) >= 11 is 11.7. The zero-order chi connectivity index (χ0) is 24.9. The minimum absolute atomic E-state index is 0.0127. The number of ether oxygens (including phenoxy) is 4. The molecule has 33 heavy (non-hydrogen) atoms. The molecule has 0 fully saturated rings. The smallest absolute Gasteiger partial charge is 0.474 e. The molecule has 1 aliphatic heterocycles. The predicted octanol–water partition coefficient (Wildman–Crippen LogP) is 4.73. The molecule has 0 amide bonds. The maximum Gasteiger partial charge on any atom is 0.511 e. The molecule has 182 valence electrons. The minimum Gasteiger partial charge on any atom is -0.474 e. The molecular weight excluding hydrogens is 502 g/mol. The van der Waals surface area contributed by atoms with E-state index in [9.17, 15) is 32.9 Å². The van der Waals surface area contributed by atoms with Crippen molar-refractivity contribution < 1.29 is 51.6 Å². The molecule has 0 aromatic heterocycles. The number of hydrogen-bond donors (Lipinski definition) is 0. The Morgan fingerprint density at radius 1 is 1.21 bits per heavy atom. The molecule has 10 nitrogen and oxygen atoms in total. The van der Waals surface area contributed by atoms with Crippen LogP contribution in [0.15, 0.2) is 17.7 Å². The van der Waals surface area contributed by atoms with E-state index in [1.54, 1.807) is 0 Å². The number of rotatable bonds is 8. The van der Waals surface area contributed by atoms with Crippen molar-refractivity contribution in [3.63, 3.8) is 0 Å². The number of carbonyl (C=O) groups is 2. The highest BCUT2D eigenvalue weighted by atomic mass is 35.5. The van der Waals surface area contributed by atoms with Crippen molar-refractivity contribution in [2.45, 2.75) is 44.9 Å². The average Bonchev–Trinajstić information content (AvgIpc) is 2.65. The molecule has 1 aromatic carbocycles. The number of benzene rings is 1. The molecule has 0 spiro atoms. The summed E-state index contributed by atoms with van der Waals surface area (Å²) in [6.07, 6.45) is -10.7. The van der Waals surface area contributed by atoms with E-state index in [4.69, 9.17) is 37.4 Å². The van der Waals surface area contributed by atoms with Gasteiger partial charge in [-0.1, -0.05) is 23.2 Å². The molecule has 15 heteroatoms. The van der Waals surface area contributed by atoms with E-state index in [1.165, 1.54) is 19.1 Å². The van der Waals surface area contributed by atoms with E-state index in [1.807, 2.05) is 0 Å². The summed E-state index contributed by atoms with van der Waals surface area (Å²) in [7, 11) is 0. The average molecular weight is 518 g/mol. The first-order valence-electron chi connectivity index (χ1n) is 9.07. The van der Waals surface area contributed by atoms with E-state index in [2.05, 4.69) is 9.57 Å². The van der Waals surface area contributed by atoms with Gasteiger partial charge in [0.05, 0.1) is 17.2 Å². The summed E-state index contributed by atoms with van der Waals surface area (Å²) in [6.45, 7) is 2.09. The van der Waals surface area contributed by atoms with Gasteiger partial charge in [-0.15, -0.1) is 10.1 Å². The lowest BCUT2D eigenvalue weighted by Crippen LogP contribution is -2.41. The summed E-state index contributed by atoms with van der Waals surface area (Å²) in [5.74, 6) is -1.80. The van der Waals surface area contributed by atoms with Gasteiger partial charge in [0.25, 0.3) is 5.09 Å². The largest absolute Gasteiger partial charge is 0.511 e. The van der Waals surface area contributed by atoms with Gasteiger partial charge in [-0.2, -0.15) is 13.2 Å².